The molecule has 2 amide bonds. The van der Waals surface area contributed by atoms with Gasteiger partial charge in [-0.05, 0) is 49.8 Å². The zero-order valence-electron chi connectivity index (χ0n) is 19.3. The lowest BCUT2D eigenvalue weighted by Gasteiger charge is -2.21. The number of rotatable bonds is 14. The molecule has 1 atom stereocenters. The van der Waals surface area contributed by atoms with Gasteiger partial charge in [0.25, 0.3) is 0 Å². The van der Waals surface area contributed by atoms with Gasteiger partial charge in [0, 0.05) is 39.1 Å². The molecule has 0 spiro atoms. The number of nitrogens with one attached hydrogen (secondary N) is 1. The second kappa shape index (κ2) is 13.9. The summed E-state index contributed by atoms with van der Waals surface area (Å²) in [6.07, 6.45) is 5.47. The highest BCUT2D eigenvalue weighted by molar-refractivity contribution is 5.79. The van der Waals surface area contributed by atoms with Crippen molar-refractivity contribution in [1.82, 2.24) is 10.2 Å². The first-order valence-electron chi connectivity index (χ1n) is 11.5. The molecule has 31 heavy (non-hydrogen) atoms. The van der Waals surface area contributed by atoms with Crippen molar-refractivity contribution in [3.05, 3.63) is 23.8 Å². The molecule has 1 saturated heterocycles. The number of nitrogens with zero attached hydrogens (tertiary/aromatic N) is 1. The van der Waals surface area contributed by atoms with Crippen molar-refractivity contribution in [2.75, 3.05) is 33.4 Å². The van der Waals surface area contributed by atoms with Crippen molar-refractivity contribution in [1.29, 1.82) is 0 Å². The molecule has 7 heteroatoms. The molecule has 1 aliphatic rings. The molecule has 1 fully saturated rings. The van der Waals surface area contributed by atoms with Crippen molar-refractivity contribution < 1.29 is 23.8 Å². The van der Waals surface area contributed by atoms with Crippen LogP contribution in [0.15, 0.2) is 18.2 Å². The van der Waals surface area contributed by atoms with E-state index in [4.69, 9.17) is 14.2 Å². The summed E-state index contributed by atoms with van der Waals surface area (Å²) >= 11 is 0. The van der Waals surface area contributed by atoms with E-state index in [0.29, 0.717) is 43.9 Å². The fraction of sp³-hybridized carbons (Fsp3) is 0.667. The Kier molecular flexibility index (Phi) is 11.2. The lowest BCUT2D eigenvalue weighted by Crippen LogP contribution is -2.32. The Bertz CT molecular complexity index is 683. The molecule has 1 unspecified atom stereocenters. The minimum Gasteiger partial charge on any atom is -0.493 e. The highest BCUT2D eigenvalue weighted by Gasteiger charge is 2.17. The van der Waals surface area contributed by atoms with Crippen molar-refractivity contribution in [3.63, 3.8) is 0 Å². The number of hydrogen-bond acceptors (Lipinski definition) is 5. The highest BCUT2D eigenvalue weighted by atomic mass is 16.5. The van der Waals surface area contributed by atoms with Gasteiger partial charge in [0.05, 0.1) is 13.2 Å². The number of carbonyl (C=O) groups excluding carboxylic acids is 2. The third-order valence-electron chi connectivity index (χ3n) is 5.30. The van der Waals surface area contributed by atoms with Crippen LogP contribution in [0.5, 0.6) is 11.5 Å². The molecule has 1 aliphatic heterocycles. The smallest absolute Gasteiger partial charge is 0.222 e. The molecular formula is C24H38N2O5. The summed E-state index contributed by atoms with van der Waals surface area (Å²) < 4.78 is 16.9. The zero-order chi connectivity index (χ0) is 22.5. The lowest BCUT2D eigenvalue weighted by atomic mass is 10.1. The molecule has 0 bridgehead atoms. The predicted molar refractivity (Wildman–Crippen MR) is 120 cm³/mol. The van der Waals surface area contributed by atoms with Crippen molar-refractivity contribution in [3.8, 4) is 11.5 Å². The number of hydrogen-bond donors (Lipinski definition) is 1. The molecule has 1 aromatic rings. The van der Waals surface area contributed by atoms with Crippen molar-refractivity contribution in [2.24, 2.45) is 0 Å². The van der Waals surface area contributed by atoms with E-state index in [0.717, 1.165) is 50.9 Å². The zero-order valence-corrected chi connectivity index (χ0v) is 19.3. The summed E-state index contributed by atoms with van der Waals surface area (Å²) in [5.41, 5.74) is 0.933. The molecule has 0 aromatic heterocycles. The summed E-state index contributed by atoms with van der Waals surface area (Å²) in [5, 5.41) is 2.92. The standard InChI is InChI=1S/C24H38N2O5/c1-4-13-26(14-5-2)24(28)10-6-9-23(27)25-17-19-11-12-21(22(16-19)29-3)31-18-20-8-7-15-30-20/h11-12,16,20H,4-10,13-15,17-18H2,1-3H3,(H,25,27). The van der Waals surface area contributed by atoms with Gasteiger partial charge >= 0.3 is 0 Å². The van der Waals surface area contributed by atoms with Crippen LogP contribution >= 0.6 is 0 Å². The van der Waals surface area contributed by atoms with Crippen molar-refractivity contribution in [2.45, 2.75) is 71.4 Å². The van der Waals surface area contributed by atoms with E-state index in [1.165, 1.54) is 0 Å². The Balaban J connectivity index is 1.73. The number of ether oxygens (including phenoxy) is 3. The second-order valence-corrected chi connectivity index (χ2v) is 7.94. The van der Waals surface area contributed by atoms with E-state index in [1.54, 1.807) is 7.11 Å². The largest absolute Gasteiger partial charge is 0.493 e. The normalized spacial score (nSPS) is 15.5. The topological polar surface area (TPSA) is 77.1 Å². The van der Waals surface area contributed by atoms with Gasteiger partial charge in [-0.1, -0.05) is 19.9 Å². The first-order valence-corrected chi connectivity index (χ1v) is 11.5. The summed E-state index contributed by atoms with van der Waals surface area (Å²) in [6, 6.07) is 5.66. The minimum atomic E-state index is -0.0528. The number of benzene rings is 1. The molecule has 1 aromatic carbocycles. The Morgan fingerprint density at radius 3 is 2.58 bits per heavy atom. The summed E-state index contributed by atoms with van der Waals surface area (Å²) in [6.45, 7) is 7.43. The molecule has 1 heterocycles. The molecule has 0 aliphatic carbocycles. The Morgan fingerprint density at radius 2 is 1.94 bits per heavy atom. The Labute approximate surface area is 186 Å². The van der Waals surface area contributed by atoms with E-state index in [-0.39, 0.29) is 17.9 Å². The van der Waals surface area contributed by atoms with Gasteiger partial charge in [-0.3, -0.25) is 9.59 Å². The maximum absolute atomic E-state index is 12.3. The molecule has 174 valence electrons. The van der Waals surface area contributed by atoms with Crippen LogP contribution in [0.1, 0.15) is 64.4 Å². The maximum Gasteiger partial charge on any atom is 0.222 e. The number of carbonyl (C=O) groups is 2. The maximum atomic E-state index is 12.3. The third kappa shape index (κ3) is 8.77. The van der Waals surface area contributed by atoms with Gasteiger partial charge in [-0.2, -0.15) is 0 Å². The summed E-state index contributed by atoms with van der Waals surface area (Å²) in [7, 11) is 1.61. The second-order valence-electron chi connectivity index (χ2n) is 7.94. The summed E-state index contributed by atoms with van der Waals surface area (Å²) in [4.78, 5) is 26.4. The molecular weight excluding hydrogens is 396 g/mol. The van der Waals surface area contributed by atoms with Gasteiger partial charge < -0.3 is 24.4 Å². The fourth-order valence-electron chi connectivity index (χ4n) is 3.65. The van der Waals surface area contributed by atoms with Crippen LogP contribution in [0.4, 0.5) is 0 Å². The monoisotopic (exact) mass is 434 g/mol. The first-order chi connectivity index (χ1) is 15.1. The molecule has 1 N–H and O–H groups in total. The van der Waals surface area contributed by atoms with Crippen LogP contribution in [0, 0.1) is 0 Å². The predicted octanol–water partition coefficient (Wildman–Crippen LogP) is 3.69. The average Bonchev–Trinajstić information content (AvgIpc) is 3.30. The van der Waals surface area contributed by atoms with E-state index in [1.807, 2.05) is 23.1 Å². The average molecular weight is 435 g/mol. The number of methoxy groups -OCH3 is 1. The highest BCUT2D eigenvalue weighted by Crippen LogP contribution is 2.29. The van der Waals surface area contributed by atoms with Crippen LogP contribution in [0.3, 0.4) is 0 Å². The van der Waals surface area contributed by atoms with Crippen LogP contribution in [0.25, 0.3) is 0 Å². The van der Waals surface area contributed by atoms with Gasteiger partial charge in [-0.25, -0.2) is 0 Å². The molecule has 0 radical (unpaired) electrons. The van der Waals surface area contributed by atoms with Gasteiger partial charge in [0.1, 0.15) is 6.61 Å². The Morgan fingerprint density at radius 1 is 1.16 bits per heavy atom. The summed E-state index contributed by atoms with van der Waals surface area (Å²) in [5.74, 6) is 1.40. The van der Waals surface area contributed by atoms with E-state index in [2.05, 4.69) is 19.2 Å². The van der Waals surface area contributed by atoms with Gasteiger partial charge in [-0.15, -0.1) is 0 Å². The molecule has 7 nitrogen and oxygen atoms in total. The van der Waals surface area contributed by atoms with Crippen LogP contribution in [-0.2, 0) is 20.9 Å². The van der Waals surface area contributed by atoms with E-state index in [9.17, 15) is 9.59 Å². The first kappa shape index (κ1) is 25.0. The fourth-order valence-corrected chi connectivity index (χ4v) is 3.65. The van der Waals surface area contributed by atoms with Gasteiger partial charge in [0.2, 0.25) is 11.8 Å². The van der Waals surface area contributed by atoms with E-state index < -0.39 is 0 Å². The van der Waals surface area contributed by atoms with Crippen molar-refractivity contribution >= 4 is 11.8 Å². The third-order valence-corrected chi connectivity index (χ3v) is 5.30. The quantitative estimate of drug-likeness (QED) is 0.483. The van der Waals surface area contributed by atoms with Crippen LogP contribution < -0.4 is 14.8 Å². The molecule has 2 rings (SSSR count). The van der Waals surface area contributed by atoms with E-state index >= 15 is 0 Å². The number of amides is 2. The Hall–Kier alpha value is -2.28. The van der Waals surface area contributed by atoms with Gasteiger partial charge in [0.15, 0.2) is 11.5 Å². The molecule has 0 saturated carbocycles. The van der Waals surface area contributed by atoms with Crippen LogP contribution in [0.2, 0.25) is 0 Å². The van der Waals surface area contributed by atoms with Crippen LogP contribution in [-0.4, -0.2) is 56.2 Å². The minimum absolute atomic E-state index is 0.0528. The lowest BCUT2D eigenvalue weighted by molar-refractivity contribution is -0.131. The SMILES string of the molecule is CCCN(CCC)C(=O)CCCC(=O)NCc1ccc(OCC2CCCO2)c(OC)c1.